The summed E-state index contributed by atoms with van der Waals surface area (Å²) in [5.74, 6) is 0.431. The number of piperidine rings is 1. The highest BCUT2D eigenvalue weighted by molar-refractivity contribution is 7.13. The van der Waals surface area contributed by atoms with Crippen LogP contribution < -0.4 is 10.1 Å². The second kappa shape index (κ2) is 8.40. The van der Waals surface area contributed by atoms with Crippen molar-refractivity contribution in [3.05, 3.63) is 41.2 Å². The summed E-state index contributed by atoms with van der Waals surface area (Å²) in [6.07, 6.45) is 2.45. The highest BCUT2D eigenvalue weighted by atomic mass is 32.1. The molecule has 1 aromatic carbocycles. The summed E-state index contributed by atoms with van der Waals surface area (Å²) < 4.78 is 18.3. The van der Waals surface area contributed by atoms with Crippen molar-refractivity contribution in [2.75, 3.05) is 25.0 Å². The molecule has 0 bridgehead atoms. The first-order chi connectivity index (χ1) is 12.1. The Kier molecular flexibility index (Phi) is 5.99. The van der Waals surface area contributed by atoms with Crippen molar-refractivity contribution in [2.24, 2.45) is 5.92 Å². The number of carbonyl (C=O) groups excluding carboxylic acids is 1. The Labute approximate surface area is 150 Å². The van der Waals surface area contributed by atoms with Gasteiger partial charge in [-0.1, -0.05) is 13.0 Å². The fourth-order valence-electron chi connectivity index (χ4n) is 2.75. The van der Waals surface area contributed by atoms with Gasteiger partial charge in [-0.05, 0) is 44.0 Å². The van der Waals surface area contributed by atoms with Crippen LogP contribution in [0.25, 0.3) is 0 Å². The van der Waals surface area contributed by atoms with Crippen LogP contribution in [-0.2, 0) is 11.3 Å². The molecule has 2 heterocycles. The average Bonchev–Trinajstić information content (AvgIpc) is 3.02. The van der Waals surface area contributed by atoms with Gasteiger partial charge in [0.1, 0.15) is 11.6 Å². The number of likely N-dealkylation sites (tertiary alicyclic amines) is 1. The Hall–Kier alpha value is -1.99. The number of carbonyl (C=O) groups is 1. The number of rotatable bonds is 6. The third-order valence-corrected chi connectivity index (χ3v) is 5.03. The van der Waals surface area contributed by atoms with Gasteiger partial charge in [0.25, 0.3) is 5.91 Å². The summed E-state index contributed by atoms with van der Waals surface area (Å²) in [4.78, 5) is 18.8. The molecule has 134 valence electrons. The Bertz CT molecular complexity index is 714. The van der Waals surface area contributed by atoms with Crippen LogP contribution >= 0.6 is 11.3 Å². The fourth-order valence-corrected chi connectivity index (χ4v) is 3.46. The first kappa shape index (κ1) is 17.8. The van der Waals surface area contributed by atoms with E-state index in [1.807, 2.05) is 5.38 Å². The van der Waals surface area contributed by atoms with E-state index < -0.39 is 5.82 Å². The Balaban J connectivity index is 1.45. The van der Waals surface area contributed by atoms with E-state index in [0.29, 0.717) is 10.9 Å². The van der Waals surface area contributed by atoms with Gasteiger partial charge in [0.05, 0.1) is 5.69 Å². The van der Waals surface area contributed by atoms with Crippen molar-refractivity contribution < 1.29 is 13.9 Å². The van der Waals surface area contributed by atoms with Gasteiger partial charge in [-0.25, -0.2) is 9.37 Å². The number of hydrogen-bond donors (Lipinski definition) is 1. The number of aromatic nitrogens is 1. The van der Waals surface area contributed by atoms with Crippen molar-refractivity contribution >= 4 is 22.4 Å². The molecule has 0 aliphatic carbocycles. The number of benzene rings is 1. The van der Waals surface area contributed by atoms with Gasteiger partial charge in [0, 0.05) is 18.0 Å². The zero-order valence-corrected chi connectivity index (χ0v) is 15.0. The number of amides is 1. The average molecular weight is 363 g/mol. The number of hydrogen-bond acceptors (Lipinski definition) is 5. The standard InChI is InChI=1S/C18H22FN3O2S/c1-13-5-7-22(8-6-13)10-15-12-25-18(20-15)21-17(23)11-24-16-4-2-3-14(19)9-16/h2-4,9,12-13H,5-8,10-11H2,1H3,(H,20,21,23). The molecule has 0 unspecified atom stereocenters. The highest BCUT2D eigenvalue weighted by Gasteiger charge is 2.17. The maximum atomic E-state index is 13.1. The van der Waals surface area contributed by atoms with Crippen molar-refractivity contribution in [2.45, 2.75) is 26.3 Å². The number of ether oxygens (including phenoxy) is 1. The maximum absolute atomic E-state index is 13.1. The van der Waals surface area contributed by atoms with Crippen LogP contribution in [0.4, 0.5) is 9.52 Å². The lowest BCUT2D eigenvalue weighted by atomic mass is 9.99. The number of halogens is 1. The summed E-state index contributed by atoms with van der Waals surface area (Å²) in [6, 6.07) is 5.72. The van der Waals surface area contributed by atoms with Gasteiger partial charge >= 0.3 is 0 Å². The molecular weight excluding hydrogens is 341 g/mol. The van der Waals surface area contributed by atoms with E-state index in [1.165, 1.54) is 42.4 Å². The monoisotopic (exact) mass is 363 g/mol. The van der Waals surface area contributed by atoms with Crippen molar-refractivity contribution in [1.29, 1.82) is 0 Å². The van der Waals surface area contributed by atoms with Crippen LogP contribution in [0.15, 0.2) is 29.6 Å². The van der Waals surface area contributed by atoms with Crippen LogP contribution in [0.2, 0.25) is 0 Å². The van der Waals surface area contributed by atoms with E-state index in [2.05, 4.69) is 22.1 Å². The van der Waals surface area contributed by atoms with Gasteiger partial charge in [-0.3, -0.25) is 15.0 Å². The smallest absolute Gasteiger partial charge is 0.264 e. The third-order valence-electron chi connectivity index (χ3n) is 4.23. The van der Waals surface area contributed by atoms with E-state index in [9.17, 15) is 9.18 Å². The Morgan fingerprint density at radius 2 is 2.24 bits per heavy atom. The maximum Gasteiger partial charge on any atom is 0.264 e. The summed E-state index contributed by atoms with van der Waals surface area (Å²) in [6.45, 7) is 5.13. The molecule has 0 radical (unpaired) electrons. The summed E-state index contributed by atoms with van der Waals surface area (Å²) >= 11 is 1.41. The van der Waals surface area contributed by atoms with Gasteiger partial charge in [-0.15, -0.1) is 11.3 Å². The van der Waals surface area contributed by atoms with Gasteiger partial charge < -0.3 is 4.74 Å². The Morgan fingerprint density at radius 1 is 1.44 bits per heavy atom. The van der Waals surface area contributed by atoms with Crippen molar-refractivity contribution in [3.63, 3.8) is 0 Å². The molecule has 1 aliphatic rings. The lowest BCUT2D eigenvalue weighted by molar-refractivity contribution is -0.118. The molecule has 2 aromatic rings. The molecule has 0 spiro atoms. The first-order valence-corrected chi connectivity index (χ1v) is 9.31. The minimum absolute atomic E-state index is 0.178. The molecule has 5 nitrogen and oxygen atoms in total. The molecule has 7 heteroatoms. The highest BCUT2D eigenvalue weighted by Crippen LogP contribution is 2.21. The molecule has 1 N–H and O–H groups in total. The summed E-state index contributed by atoms with van der Waals surface area (Å²) in [7, 11) is 0. The predicted octanol–water partition coefficient (Wildman–Crippen LogP) is 3.53. The van der Waals surface area contributed by atoms with E-state index >= 15 is 0 Å². The minimum Gasteiger partial charge on any atom is -0.484 e. The topological polar surface area (TPSA) is 54.5 Å². The van der Waals surface area contributed by atoms with Crippen LogP contribution in [0.3, 0.4) is 0 Å². The number of nitrogens with zero attached hydrogens (tertiary/aromatic N) is 2. The molecule has 1 aromatic heterocycles. The first-order valence-electron chi connectivity index (χ1n) is 8.43. The van der Waals surface area contributed by atoms with Crippen LogP contribution in [0, 0.1) is 11.7 Å². The fraction of sp³-hybridized carbons (Fsp3) is 0.444. The number of anilines is 1. The van der Waals surface area contributed by atoms with Crippen LogP contribution in [0.1, 0.15) is 25.5 Å². The zero-order chi connectivity index (χ0) is 17.6. The van der Waals surface area contributed by atoms with Crippen molar-refractivity contribution in [3.8, 4) is 5.75 Å². The van der Waals surface area contributed by atoms with E-state index in [1.54, 1.807) is 6.07 Å². The van der Waals surface area contributed by atoms with E-state index in [0.717, 1.165) is 31.2 Å². The second-order valence-electron chi connectivity index (χ2n) is 6.40. The molecule has 1 amide bonds. The Morgan fingerprint density at radius 3 is 3.00 bits per heavy atom. The van der Waals surface area contributed by atoms with E-state index in [4.69, 9.17) is 4.74 Å². The molecule has 1 aliphatic heterocycles. The van der Waals surface area contributed by atoms with E-state index in [-0.39, 0.29) is 12.5 Å². The summed E-state index contributed by atoms with van der Waals surface area (Å²) in [5, 5.41) is 5.26. The van der Waals surface area contributed by atoms with Gasteiger partial charge in [0.2, 0.25) is 0 Å². The quantitative estimate of drug-likeness (QED) is 0.853. The molecule has 1 saturated heterocycles. The van der Waals surface area contributed by atoms with Crippen molar-refractivity contribution in [1.82, 2.24) is 9.88 Å². The molecule has 0 saturated carbocycles. The molecular formula is C18H22FN3O2S. The molecule has 0 atom stereocenters. The number of nitrogens with one attached hydrogen (secondary N) is 1. The third kappa shape index (κ3) is 5.51. The molecule has 25 heavy (non-hydrogen) atoms. The number of thiazole rings is 1. The molecule has 3 rings (SSSR count). The van der Waals surface area contributed by atoms with Gasteiger partial charge in [0.15, 0.2) is 11.7 Å². The zero-order valence-electron chi connectivity index (χ0n) is 14.2. The minimum atomic E-state index is -0.394. The summed E-state index contributed by atoms with van der Waals surface area (Å²) in [5.41, 5.74) is 0.973. The largest absolute Gasteiger partial charge is 0.484 e. The molecule has 1 fully saturated rings. The van der Waals surface area contributed by atoms with Crippen LogP contribution in [0.5, 0.6) is 5.75 Å². The second-order valence-corrected chi connectivity index (χ2v) is 7.25. The lowest BCUT2D eigenvalue weighted by Gasteiger charge is -2.29. The van der Waals surface area contributed by atoms with Gasteiger partial charge in [-0.2, -0.15) is 0 Å². The normalized spacial score (nSPS) is 15.9. The lowest BCUT2D eigenvalue weighted by Crippen LogP contribution is -2.32. The predicted molar refractivity (Wildman–Crippen MR) is 96.3 cm³/mol. The van der Waals surface area contributed by atoms with Crippen LogP contribution in [-0.4, -0.2) is 35.5 Å². The SMILES string of the molecule is CC1CCN(Cc2csc(NC(=O)COc3cccc(F)c3)n2)CC1.